The van der Waals surface area contributed by atoms with Gasteiger partial charge in [0, 0.05) is 39.0 Å². The van der Waals surface area contributed by atoms with Crippen LogP contribution in [0.4, 0.5) is 8.78 Å². The average Bonchev–Trinajstić information content (AvgIpc) is 3.73. The first-order valence-electron chi connectivity index (χ1n) is 16.3. The van der Waals surface area contributed by atoms with Crippen molar-refractivity contribution < 1.29 is 32.6 Å². The quantitative estimate of drug-likeness (QED) is 0.210. The molecule has 1 aliphatic heterocycles. The Bertz CT molecular complexity index is 1700. The molecule has 2 aromatic heterocycles. The zero-order valence-electron chi connectivity index (χ0n) is 28.0. The van der Waals surface area contributed by atoms with Crippen LogP contribution in [0.2, 0.25) is 0 Å². The highest BCUT2D eigenvalue weighted by Crippen LogP contribution is 2.26. The number of hydrogen-bond donors (Lipinski definition) is 2. The molecule has 13 heteroatoms. The molecule has 1 fully saturated rings. The first kappa shape index (κ1) is 35.4. The number of methoxy groups -OCH3 is 1. The number of nitrogens with zero attached hydrogens (tertiary/aromatic N) is 4. The number of pyridine rings is 1. The van der Waals surface area contributed by atoms with E-state index in [1.165, 1.54) is 43.5 Å². The van der Waals surface area contributed by atoms with Gasteiger partial charge in [-0.25, -0.2) is 13.8 Å². The topological polar surface area (TPSA) is 118 Å². The second kappa shape index (κ2) is 16.0. The molecule has 4 aromatic rings. The van der Waals surface area contributed by atoms with Crippen molar-refractivity contribution in [2.75, 3.05) is 33.8 Å². The van der Waals surface area contributed by atoms with Gasteiger partial charge in [0.05, 0.1) is 24.7 Å². The summed E-state index contributed by atoms with van der Waals surface area (Å²) in [5.41, 5.74) is 1.68. The van der Waals surface area contributed by atoms with Crippen molar-refractivity contribution in [1.82, 2.24) is 29.8 Å². The fourth-order valence-corrected chi connectivity index (χ4v) is 5.86. The monoisotopic (exact) mass is 676 g/mol. The molecule has 0 spiro atoms. The second-order valence-corrected chi connectivity index (χ2v) is 12.2. The SMILES string of the molecule is CNC(C)C(=O)NC(C(=O)N1CC(Oc2ccc(F)cc2)CC1CN(CCc1ccc(F)cc1)C(=O)c1cn2ccccc2n1)C(C)OC. The van der Waals surface area contributed by atoms with Crippen LogP contribution in [0.1, 0.15) is 36.3 Å². The number of fused-ring (bicyclic) bond motifs is 1. The lowest BCUT2D eigenvalue weighted by atomic mass is 10.1. The van der Waals surface area contributed by atoms with E-state index in [9.17, 15) is 23.2 Å². The minimum atomic E-state index is -1.03. The van der Waals surface area contributed by atoms with E-state index in [2.05, 4.69) is 15.6 Å². The van der Waals surface area contributed by atoms with Crippen molar-refractivity contribution in [2.45, 2.75) is 57.0 Å². The number of likely N-dealkylation sites (tertiary alicyclic amines) is 1. The van der Waals surface area contributed by atoms with Crippen molar-refractivity contribution in [3.8, 4) is 5.75 Å². The molecule has 5 rings (SSSR count). The van der Waals surface area contributed by atoms with E-state index in [1.54, 1.807) is 65.7 Å². The van der Waals surface area contributed by atoms with Crippen molar-refractivity contribution in [1.29, 1.82) is 0 Å². The molecule has 1 saturated heterocycles. The number of rotatable bonds is 14. The number of carbonyl (C=O) groups is 3. The molecule has 11 nitrogen and oxygen atoms in total. The van der Waals surface area contributed by atoms with Gasteiger partial charge in [-0.2, -0.15) is 0 Å². The Hall–Kier alpha value is -4.88. The van der Waals surface area contributed by atoms with Crippen LogP contribution in [0.25, 0.3) is 5.65 Å². The first-order valence-corrected chi connectivity index (χ1v) is 16.3. The van der Waals surface area contributed by atoms with E-state index in [-0.39, 0.29) is 48.9 Å². The fraction of sp³-hybridized carbons (Fsp3) is 0.389. The van der Waals surface area contributed by atoms with Gasteiger partial charge in [0.1, 0.15) is 40.9 Å². The lowest BCUT2D eigenvalue weighted by molar-refractivity contribution is -0.141. The molecule has 49 heavy (non-hydrogen) atoms. The Morgan fingerprint density at radius 3 is 2.37 bits per heavy atom. The highest BCUT2D eigenvalue weighted by molar-refractivity contribution is 5.93. The maximum Gasteiger partial charge on any atom is 0.274 e. The Morgan fingerprint density at radius 2 is 1.71 bits per heavy atom. The Labute approximate surface area is 284 Å². The molecule has 0 saturated carbocycles. The summed E-state index contributed by atoms with van der Waals surface area (Å²) in [6.45, 7) is 3.92. The van der Waals surface area contributed by atoms with Crippen LogP contribution >= 0.6 is 0 Å². The number of nitrogens with one attached hydrogen (secondary N) is 2. The molecule has 5 atom stereocenters. The van der Waals surface area contributed by atoms with Gasteiger partial charge in [0.25, 0.3) is 5.91 Å². The van der Waals surface area contributed by atoms with Crippen molar-refractivity contribution >= 4 is 23.4 Å². The van der Waals surface area contributed by atoms with Gasteiger partial charge in [-0.15, -0.1) is 0 Å². The number of imidazole rings is 1. The van der Waals surface area contributed by atoms with Gasteiger partial charge in [-0.05, 0) is 81.4 Å². The lowest BCUT2D eigenvalue weighted by Crippen LogP contribution is -2.58. The molecule has 3 amide bonds. The van der Waals surface area contributed by atoms with Gasteiger partial charge in [0.2, 0.25) is 11.8 Å². The first-order chi connectivity index (χ1) is 23.6. The van der Waals surface area contributed by atoms with Crippen LogP contribution in [0.15, 0.2) is 79.1 Å². The molecule has 0 bridgehead atoms. The normalized spacial score (nSPS) is 17.8. The third kappa shape index (κ3) is 8.78. The summed E-state index contributed by atoms with van der Waals surface area (Å²) in [6.07, 6.45) is 3.08. The van der Waals surface area contributed by atoms with Crippen molar-refractivity contribution in [3.63, 3.8) is 0 Å². The highest BCUT2D eigenvalue weighted by Gasteiger charge is 2.42. The van der Waals surface area contributed by atoms with E-state index in [0.717, 1.165) is 5.56 Å². The number of hydrogen-bond acceptors (Lipinski definition) is 7. The maximum atomic E-state index is 14.3. The number of ether oxygens (including phenoxy) is 2. The summed E-state index contributed by atoms with van der Waals surface area (Å²) in [5.74, 6) is -1.42. The number of amides is 3. The number of likely N-dealkylation sites (N-methyl/N-ethyl adjacent to an activating group) is 1. The lowest BCUT2D eigenvalue weighted by Gasteiger charge is -2.34. The van der Waals surface area contributed by atoms with Crippen LogP contribution in [-0.2, 0) is 20.7 Å². The van der Waals surface area contributed by atoms with E-state index < -0.39 is 36.2 Å². The average molecular weight is 677 g/mol. The molecule has 1 aliphatic rings. The Kier molecular flexibility index (Phi) is 11.6. The predicted molar refractivity (Wildman–Crippen MR) is 179 cm³/mol. The minimum absolute atomic E-state index is 0.123. The zero-order chi connectivity index (χ0) is 35.1. The summed E-state index contributed by atoms with van der Waals surface area (Å²) in [5, 5.41) is 5.71. The third-order valence-electron chi connectivity index (χ3n) is 8.89. The summed E-state index contributed by atoms with van der Waals surface area (Å²) in [6, 6.07) is 15.1. The van der Waals surface area contributed by atoms with Gasteiger partial charge in [-0.1, -0.05) is 18.2 Å². The van der Waals surface area contributed by atoms with Crippen LogP contribution in [0, 0.1) is 11.6 Å². The van der Waals surface area contributed by atoms with E-state index in [0.29, 0.717) is 24.2 Å². The van der Waals surface area contributed by atoms with E-state index in [1.807, 2.05) is 12.1 Å². The van der Waals surface area contributed by atoms with Gasteiger partial charge in [0.15, 0.2) is 0 Å². The van der Waals surface area contributed by atoms with Crippen LogP contribution < -0.4 is 15.4 Å². The van der Waals surface area contributed by atoms with Crippen LogP contribution in [0.5, 0.6) is 5.75 Å². The number of benzene rings is 2. The molecule has 0 aliphatic carbocycles. The Morgan fingerprint density at radius 1 is 1.02 bits per heavy atom. The van der Waals surface area contributed by atoms with Crippen LogP contribution in [0.3, 0.4) is 0 Å². The smallest absolute Gasteiger partial charge is 0.274 e. The number of halogens is 2. The zero-order valence-corrected chi connectivity index (χ0v) is 28.0. The van der Waals surface area contributed by atoms with Crippen molar-refractivity contribution in [2.24, 2.45) is 0 Å². The summed E-state index contributed by atoms with van der Waals surface area (Å²) in [7, 11) is 3.11. The molecule has 0 radical (unpaired) electrons. The molecule has 3 heterocycles. The second-order valence-electron chi connectivity index (χ2n) is 12.2. The predicted octanol–water partition coefficient (Wildman–Crippen LogP) is 3.47. The summed E-state index contributed by atoms with van der Waals surface area (Å²) in [4.78, 5) is 49.2. The third-order valence-corrected chi connectivity index (χ3v) is 8.89. The molecule has 5 unspecified atom stereocenters. The Balaban J connectivity index is 1.45. The fourth-order valence-electron chi connectivity index (χ4n) is 5.86. The van der Waals surface area contributed by atoms with Crippen molar-refractivity contribution in [3.05, 3.63) is 102 Å². The standard InChI is InChI=1S/C36H42F2N6O5/c1-23(39-3)34(45)41-33(24(2)48-4)36(47)44-21-30(49-29-14-12-27(38)13-15-29)19-28(44)20-43(18-16-25-8-10-26(37)11-9-25)35(46)31-22-42-17-6-5-7-32(42)40-31/h5-15,17,22-24,28,30,33,39H,16,18-21H2,1-4H3,(H,41,45). The number of carbonyl (C=O) groups excluding carboxylic acids is 3. The molecule has 2 aromatic carbocycles. The van der Waals surface area contributed by atoms with Crippen LogP contribution in [-0.4, -0.2) is 101 Å². The minimum Gasteiger partial charge on any atom is -0.489 e. The summed E-state index contributed by atoms with van der Waals surface area (Å²) < 4.78 is 40.8. The van der Waals surface area contributed by atoms with E-state index in [4.69, 9.17) is 9.47 Å². The largest absolute Gasteiger partial charge is 0.489 e. The van der Waals surface area contributed by atoms with E-state index >= 15 is 0 Å². The molecular formula is C36H42F2N6O5. The number of aromatic nitrogens is 2. The van der Waals surface area contributed by atoms with Gasteiger partial charge >= 0.3 is 0 Å². The van der Waals surface area contributed by atoms with Gasteiger partial charge < -0.3 is 34.3 Å². The molecule has 2 N–H and O–H groups in total. The maximum absolute atomic E-state index is 14.3. The summed E-state index contributed by atoms with van der Waals surface area (Å²) >= 11 is 0. The van der Waals surface area contributed by atoms with Gasteiger partial charge in [-0.3, -0.25) is 14.4 Å². The molecule has 260 valence electrons. The molecular weight excluding hydrogens is 634 g/mol. The highest BCUT2D eigenvalue weighted by atomic mass is 19.1.